The predicted octanol–water partition coefficient (Wildman–Crippen LogP) is 3.82. The summed E-state index contributed by atoms with van der Waals surface area (Å²) in [5.41, 5.74) is 4.67. The normalized spacial score (nSPS) is 11.9. The molecule has 0 aliphatic carbocycles. The molecule has 0 atom stereocenters. The molecule has 2 aromatic carbocycles. The van der Waals surface area contributed by atoms with Crippen molar-refractivity contribution in [2.24, 2.45) is 0 Å². The number of carbonyl (C=O) groups excluding carboxylic acids is 1. The number of aryl methyl sites for hydroxylation is 1. The Morgan fingerprint density at radius 2 is 2.03 bits per heavy atom. The van der Waals surface area contributed by atoms with Gasteiger partial charge in [-0.15, -0.1) is 0 Å². The minimum absolute atomic E-state index is 0.0874. The van der Waals surface area contributed by atoms with Crippen molar-refractivity contribution in [1.82, 2.24) is 9.78 Å². The molecule has 7 heteroatoms. The van der Waals surface area contributed by atoms with Crippen LogP contribution in [0.4, 0.5) is 5.69 Å². The SMILES string of the molecule is CCN(C(=O)Cn1ncc2c1-c1cc(C)ccc1OC2)c1cc(OC)ccc1OC. The number of likely N-dealkylation sites (N-methyl/N-ethyl adjacent to an activating group) is 1. The highest BCUT2D eigenvalue weighted by Gasteiger charge is 2.25. The highest BCUT2D eigenvalue weighted by molar-refractivity contribution is 5.95. The van der Waals surface area contributed by atoms with Crippen molar-refractivity contribution < 1.29 is 19.0 Å². The lowest BCUT2D eigenvalue weighted by molar-refractivity contribution is -0.119. The number of rotatable bonds is 6. The van der Waals surface area contributed by atoms with Gasteiger partial charge in [0, 0.05) is 23.7 Å². The molecule has 0 unspecified atom stereocenters. The van der Waals surface area contributed by atoms with Gasteiger partial charge in [-0.3, -0.25) is 9.48 Å². The number of benzene rings is 2. The number of ether oxygens (including phenoxy) is 3. The zero-order valence-corrected chi connectivity index (χ0v) is 17.6. The lowest BCUT2D eigenvalue weighted by Crippen LogP contribution is -2.34. The van der Waals surface area contributed by atoms with E-state index in [1.165, 1.54) is 0 Å². The number of anilines is 1. The summed E-state index contributed by atoms with van der Waals surface area (Å²) in [6, 6.07) is 11.5. The second kappa shape index (κ2) is 8.10. The van der Waals surface area contributed by atoms with Gasteiger partial charge in [0.25, 0.3) is 0 Å². The molecule has 0 fully saturated rings. The quantitative estimate of drug-likeness (QED) is 0.622. The topological polar surface area (TPSA) is 65.8 Å². The van der Waals surface area contributed by atoms with Gasteiger partial charge in [0.15, 0.2) is 0 Å². The lowest BCUT2D eigenvalue weighted by Gasteiger charge is -2.25. The van der Waals surface area contributed by atoms with Crippen LogP contribution in [-0.2, 0) is 17.9 Å². The zero-order chi connectivity index (χ0) is 21.3. The third kappa shape index (κ3) is 3.47. The minimum atomic E-state index is -0.0874. The number of aromatic nitrogens is 2. The van der Waals surface area contributed by atoms with Gasteiger partial charge in [-0.1, -0.05) is 11.6 Å². The zero-order valence-electron chi connectivity index (χ0n) is 17.6. The van der Waals surface area contributed by atoms with Gasteiger partial charge >= 0.3 is 0 Å². The van der Waals surface area contributed by atoms with Crippen LogP contribution in [-0.4, -0.2) is 36.5 Å². The average Bonchev–Trinajstić information content (AvgIpc) is 3.17. The van der Waals surface area contributed by atoms with Gasteiger partial charge in [-0.2, -0.15) is 5.10 Å². The van der Waals surface area contributed by atoms with Crippen LogP contribution >= 0.6 is 0 Å². The molecule has 0 saturated heterocycles. The van der Waals surface area contributed by atoms with Gasteiger partial charge in [0.1, 0.15) is 30.4 Å². The van der Waals surface area contributed by atoms with E-state index in [9.17, 15) is 4.79 Å². The van der Waals surface area contributed by atoms with E-state index < -0.39 is 0 Å². The Kier molecular flexibility index (Phi) is 5.35. The van der Waals surface area contributed by atoms with Crippen molar-refractivity contribution in [3.8, 4) is 28.5 Å². The third-order valence-electron chi connectivity index (χ3n) is 5.27. The lowest BCUT2D eigenvalue weighted by atomic mass is 10.0. The van der Waals surface area contributed by atoms with E-state index in [0.717, 1.165) is 28.1 Å². The van der Waals surface area contributed by atoms with E-state index in [2.05, 4.69) is 11.2 Å². The summed E-state index contributed by atoms with van der Waals surface area (Å²) in [7, 11) is 3.19. The number of methoxy groups -OCH3 is 2. The van der Waals surface area contributed by atoms with E-state index in [4.69, 9.17) is 14.2 Å². The van der Waals surface area contributed by atoms with E-state index in [1.54, 1.807) is 36.1 Å². The van der Waals surface area contributed by atoms with Crippen LogP contribution in [0.3, 0.4) is 0 Å². The van der Waals surface area contributed by atoms with Gasteiger partial charge < -0.3 is 19.1 Å². The molecule has 0 saturated carbocycles. The van der Waals surface area contributed by atoms with E-state index in [0.29, 0.717) is 30.3 Å². The second-order valence-corrected chi connectivity index (χ2v) is 7.14. The van der Waals surface area contributed by atoms with Crippen LogP contribution in [0.15, 0.2) is 42.6 Å². The maximum atomic E-state index is 13.3. The first-order valence-electron chi connectivity index (χ1n) is 9.86. The Bertz CT molecular complexity index is 1090. The number of hydrogen-bond acceptors (Lipinski definition) is 5. The Morgan fingerprint density at radius 3 is 2.77 bits per heavy atom. The molecule has 1 aliphatic rings. The first kappa shape index (κ1) is 19.8. The summed E-state index contributed by atoms with van der Waals surface area (Å²) in [5.74, 6) is 2.00. The summed E-state index contributed by atoms with van der Waals surface area (Å²) in [4.78, 5) is 15.0. The van der Waals surface area contributed by atoms with Crippen LogP contribution in [0.1, 0.15) is 18.1 Å². The summed E-state index contributed by atoms with van der Waals surface area (Å²) in [6.45, 7) is 5.01. The standard InChI is InChI=1S/C23H25N3O4/c1-5-25(19-11-17(28-3)7-9-21(19)29-4)22(27)13-26-23-16(12-24-26)14-30-20-8-6-15(2)10-18(20)23/h6-12H,5,13-14H2,1-4H3. The molecule has 30 heavy (non-hydrogen) atoms. The van der Waals surface area contributed by atoms with E-state index >= 15 is 0 Å². The van der Waals surface area contributed by atoms with Crippen molar-refractivity contribution in [1.29, 1.82) is 0 Å². The summed E-state index contributed by atoms with van der Waals surface area (Å²) in [5, 5.41) is 4.49. The van der Waals surface area contributed by atoms with Gasteiger partial charge in [-0.25, -0.2) is 0 Å². The van der Waals surface area contributed by atoms with Gasteiger partial charge in [0.05, 0.1) is 31.8 Å². The molecule has 0 N–H and O–H groups in total. The van der Waals surface area contributed by atoms with Crippen LogP contribution in [0, 0.1) is 6.92 Å². The van der Waals surface area contributed by atoms with Crippen molar-refractivity contribution in [2.75, 3.05) is 25.7 Å². The fraction of sp³-hybridized carbons (Fsp3) is 0.304. The number of hydrogen-bond donors (Lipinski definition) is 0. The first-order chi connectivity index (χ1) is 14.5. The fourth-order valence-electron chi connectivity index (χ4n) is 3.77. The smallest absolute Gasteiger partial charge is 0.248 e. The molecule has 0 spiro atoms. The molecule has 0 radical (unpaired) electrons. The van der Waals surface area contributed by atoms with Crippen molar-refractivity contribution in [2.45, 2.75) is 27.0 Å². The number of fused-ring (bicyclic) bond motifs is 3. The Hall–Kier alpha value is -3.48. The van der Waals surface area contributed by atoms with Gasteiger partial charge in [0.2, 0.25) is 5.91 Å². The molecular formula is C23H25N3O4. The van der Waals surface area contributed by atoms with E-state index in [1.807, 2.05) is 38.1 Å². The van der Waals surface area contributed by atoms with Crippen LogP contribution < -0.4 is 19.1 Å². The molecule has 7 nitrogen and oxygen atoms in total. The summed E-state index contributed by atoms with van der Waals surface area (Å²) in [6.07, 6.45) is 1.77. The Balaban J connectivity index is 1.68. The summed E-state index contributed by atoms with van der Waals surface area (Å²) < 4.78 is 18.4. The number of nitrogens with zero attached hydrogens (tertiary/aromatic N) is 3. The Morgan fingerprint density at radius 1 is 1.20 bits per heavy atom. The minimum Gasteiger partial charge on any atom is -0.497 e. The number of carbonyl (C=O) groups is 1. The average molecular weight is 407 g/mol. The molecule has 3 aromatic rings. The molecule has 1 aliphatic heterocycles. The maximum Gasteiger partial charge on any atom is 0.248 e. The highest BCUT2D eigenvalue weighted by Crippen LogP contribution is 2.38. The molecule has 1 aromatic heterocycles. The van der Waals surface area contributed by atoms with Crippen molar-refractivity contribution in [3.05, 3.63) is 53.7 Å². The third-order valence-corrected chi connectivity index (χ3v) is 5.27. The first-order valence-corrected chi connectivity index (χ1v) is 9.86. The molecule has 0 bridgehead atoms. The predicted molar refractivity (Wildman–Crippen MR) is 114 cm³/mol. The maximum absolute atomic E-state index is 13.3. The van der Waals surface area contributed by atoms with Crippen LogP contribution in [0.5, 0.6) is 17.2 Å². The summed E-state index contributed by atoms with van der Waals surface area (Å²) >= 11 is 0. The Labute approximate surface area is 175 Å². The second-order valence-electron chi connectivity index (χ2n) is 7.14. The van der Waals surface area contributed by atoms with Crippen LogP contribution in [0.25, 0.3) is 11.3 Å². The monoisotopic (exact) mass is 407 g/mol. The van der Waals surface area contributed by atoms with E-state index in [-0.39, 0.29) is 12.5 Å². The molecule has 156 valence electrons. The highest BCUT2D eigenvalue weighted by atomic mass is 16.5. The molecule has 4 rings (SSSR count). The largest absolute Gasteiger partial charge is 0.497 e. The van der Waals surface area contributed by atoms with Crippen molar-refractivity contribution in [3.63, 3.8) is 0 Å². The van der Waals surface area contributed by atoms with Crippen LogP contribution in [0.2, 0.25) is 0 Å². The van der Waals surface area contributed by atoms with Gasteiger partial charge in [-0.05, 0) is 38.1 Å². The fourth-order valence-corrected chi connectivity index (χ4v) is 3.77. The van der Waals surface area contributed by atoms with Crippen molar-refractivity contribution >= 4 is 11.6 Å². The molecule has 2 heterocycles. The molecule has 1 amide bonds. The molecular weight excluding hydrogens is 382 g/mol. The number of amides is 1.